The third kappa shape index (κ3) is 4.05. The molecule has 3 heterocycles. The van der Waals surface area contributed by atoms with Crippen molar-refractivity contribution in [2.24, 2.45) is 0 Å². The summed E-state index contributed by atoms with van der Waals surface area (Å²) in [6.07, 6.45) is 0. The minimum atomic E-state index is -1.34. The Morgan fingerprint density at radius 3 is 2.47 bits per heavy atom. The van der Waals surface area contributed by atoms with Gasteiger partial charge in [0.25, 0.3) is 5.91 Å². The van der Waals surface area contributed by atoms with Crippen LogP contribution in [0.3, 0.4) is 0 Å². The van der Waals surface area contributed by atoms with Crippen LogP contribution in [0.4, 0.5) is 9.18 Å². The van der Waals surface area contributed by atoms with Crippen LogP contribution in [0.15, 0.2) is 42.5 Å². The molecule has 0 aliphatic carbocycles. The van der Waals surface area contributed by atoms with Crippen molar-refractivity contribution in [3.8, 4) is 11.5 Å². The minimum Gasteiger partial charge on any atom is -0.454 e. The Morgan fingerprint density at radius 2 is 1.74 bits per heavy atom. The van der Waals surface area contributed by atoms with Gasteiger partial charge in [-0.05, 0) is 42.3 Å². The first kappa shape index (κ1) is 22.1. The van der Waals surface area contributed by atoms with Crippen molar-refractivity contribution >= 4 is 17.8 Å². The lowest BCUT2D eigenvalue weighted by Crippen LogP contribution is -2.51. The number of amides is 4. The molecule has 1 N–H and O–H groups in total. The highest BCUT2D eigenvalue weighted by Gasteiger charge is 2.49. The fraction of sp³-hybridized carbons (Fsp3) is 0.375. The van der Waals surface area contributed by atoms with Crippen LogP contribution < -0.4 is 14.8 Å². The number of nitrogens with zero attached hydrogens (tertiary/aromatic N) is 3. The standard InChI is InChI=1S/C24H25FN4O5/c1-24(17-3-5-18(25)6-4-17)22(31)29(23(32)26-24)14-21(30)28-10-8-27(9-11-28)13-16-2-7-19-20(12-16)34-15-33-19/h2-7,12H,8-11,13-15H2,1H3,(H,26,32). The number of hydrogen-bond donors (Lipinski definition) is 1. The van der Waals surface area contributed by atoms with E-state index in [1.54, 1.807) is 11.8 Å². The second kappa shape index (κ2) is 8.60. The van der Waals surface area contributed by atoms with Crippen molar-refractivity contribution in [3.05, 3.63) is 59.4 Å². The molecule has 2 fully saturated rings. The van der Waals surface area contributed by atoms with Crippen LogP contribution in [-0.2, 0) is 21.7 Å². The first-order chi connectivity index (χ1) is 16.3. The van der Waals surface area contributed by atoms with Crippen LogP contribution in [0.1, 0.15) is 18.1 Å². The molecule has 0 saturated carbocycles. The van der Waals surface area contributed by atoms with E-state index in [4.69, 9.17) is 9.47 Å². The zero-order valence-electron chi connectivity index (χ0n) is 18.8. The van der Waals surface area contributed by atoms with E-state index in [2.05, 4.69) is 10.2 Å². The van der Waals surface area contributed by atoms with E-state index in [1.165, 1.54) is 24.3 Å². The summed E-state index contributed by atoms with van der Waals surface area (Å²) in [7, 11) is 0. The van der Waals surface area contributed by atoms with Crippen LogP contribution >= 0.6 is 0 Å². The smallest absolute Gasteiger partial charge is 0.325 e. The Bertz CT molecular complexity index is 1130. The number of rotatable bonds is 5. The fourth-order valence-corrected chi connectivity index (χ4v) is 4.51. The topological polar surface area (TPSA) is 91.4 Å². The molecule has 2 aromatic rings. The Kier molecular flexibility index (Phi) is 5.60. The molecule has 178 valence electrons. The predicted octanol–water partition coefficient (Wildman–Crippen LogP) is 1.67. The Morgan fingerprint density at radius 1 is 1.03 bits per heavy atom. The summed E-state index contributed by atoms with van der Waals surface area (Å²) in [6, 6.07) is 10.6. The second-order valence-corrected chi connectivity index (χ2v) is 8.80. The Hall–Kier alpha value is -3.66. The van der Waals surface area contributed by atoms with E-state index >= 15 is 0 Å². The average molecular weight is 468 g/mol. The van der Waals surface area contributed by atoms with Crippen LogP contribution in [0.2, 0.25) is 0 Å². The molecule has 3 aliphatic heterocycles. The van der Waals surface area contributed by atoms with E-state index in [9.17, 15) is 18.8 Å². The third-order valence-electron chi connectivity index (χ3n) is 6.56. The molecule has 0 bridgehead atoms. The van der Waals surface area contributed by atoms with E-state index in [1.807, 2.05) is 18.2 Å². The van der Waals surface area contributed by atoms with Gasteiger partial charge in [0, 0.05) is 32.7 Å². The summed E-state index contributed by atoms with van der Waals surface area (Å²) in [5, 5.41) is 2.64. The lowest BCUT2D eigenvalue weighted by molar-refractivity contribution is -0.139. The van der Waals surface area contributed by atoms with Crippen molar-refractivity contribution in [1.29, 1.82) is 0 Å². The molecule has 9 nitrogen and oxygen atoms in total. The molecule has 5 rings (SSSR count). The first-order valence-electron chi connectivity index (χ1n) is 11.1. The zero-order valence-corrected chi connectivity index (χ0v) is 18.8. The molecule has 0 radical (unpaired) electrons. The van der Waals surface area contributed by atoms with E-state index in [0.717, 1.165) is 28.5 Å². The molecule has 0 spiro atoms. The molecule has 34 heavy (non-hydrogen) atoms. The number of benzene rings is 2. The number of carbonyl (C=O) groups excluding carboxylic acids is 3. The Balaban J connectivity index is 1.16. The van der Waals surface area contributed by atoms with Crippen LogP contribution in [0, 0.1) is 5.82 Å². The zero-order chi connectivity index (χ0) is 23.9. The van der Waals surface area contributed by atoms with Crippen LogP contribution in [-0.4, -0.2) is 72.1 Å². The lowest BCUT2D eigenvalue weighted by Gasteiger charge is -2.35. The number of hydrogen-bond acceptors (Lipinski definition) is 6. The molecule has 1 atom stereocenters. The molecular formula is C24H25FN4O5. The summed E-state index contributed by atoms with van der Waals surface area (Å²) in [5.41, 5.74) is 0.219. The molecule has 3 aliphatic rings. The normalized spacial score (nSPS) is 22.3. The number of ether oxygens (including phenoxy) is 2. The molecule has 4 amide bonds. The van der Waals surface area contributed by atoms with Crippen molar-refractivity contribution in [2.45, 2.75) is 19.0 Å². The SMILES string of the molecule is CC1(c2ccc(F)cc2)NC(=O)N(CC(=O)N2CCN(Cc3ccc4c(c3)OCO4)CC2)C1=O. The largest absolute Gasteiger partial charge is 0.454 e. The van der Waals surface area contributed by atoms with Gasteiger partial charge in [-0.1, -0.05) is 18.2 Å². The van der Waals surface area contributed by atoms with Gasteiger partial charge in [-0.2, -0.15) is 0 Å². The number of nitrogens with one attached hydrogen (secondary N) is 1. The number of halogens is 1. The van der Waals surface area contributed by atoms with Crippen LogP contribution in [0.5, 0.6) is 11.5 Å². The van der Waals surface area contributed by atoms with Crippen LogP contribution in [0.25, 0.3) is 0 Å². The number of piperazine rings is 1. The summed E-state index contributed by atoms with van der Waals surface area (Å²) >= 11 is 0. The maximum atomic E-state index is 13.3. The molecule has 1 unspecified atom stereocenters. The lowest BCUT2D eigenvalue weighted by atomic mass is 9.92. The van der Waals surface area contributed by atoms with Gasteiger partial charge in [0.1, 0.15) is 17.9 Å². The van der Waals surface area contributed by atoms with E-state index in [-0.39, 0.29) is 19.2 Å². The van der Waals surface area contributed by atoms with Gasteiger partial charge in [0.15, 0.2) is 11.5 Å². The highest BCUT2D eigenvalue weighted by atomic mass is 19.1. The van der Waals surface area contributed by atoms with Gasteiger partial charge < -0.3 is 19.7 Å². The monoisotopic (exact) mass is 468 g/mol. The van der Waals surface area contributed by atoms with Gasteiger partial charge in [-0.3, -0.25) is 19.4 Å². The average Bonchev–Trinajstić information content (AvgIpc) is 3.38. The number of fused-ring (bicyclic) bond motifs is 1. The summed E-state index contributed by atoms with van der Waals surface area (Å²) in [4.78, 5) is 43.3. The third-order valence-corrected chi connectivity index (χ3v) is 6.56. The van der Waals surface area contributed by atoms with Gasteiger partial charge >= 0.3 is 6.03 Å². The molecular weight excluding hydrogens is 443 g/mol. The molecule has 0 aromatic heterocycles. The summed E-state index contributed by atoms with van der Waals surface area (Å²) in [6.45, 7) is 4.54. The highest BCUT2D eigenvalue weighted by Crippen LogP contribution is 2.33. The van der Waals surface area contributed by atoms with E-state index in [0.29, 0.717) is 31.7 Å². The minimum absolute atomic E-state index is 0.236. The first-order valence-corrected chi connectivity index (χ1v) is 11.1. The van der Waals surface area contributed by atoms with Crippen molar-refractivity contribution in [3.63, 3.8) is 0 Å². The second-order valence-electron chi connectivity index (χ2n) is 8.80. The maximum Gasteiger partial charge on any atom is 0.325 e. The van der Waals surface area contributed by atoms with Gasteiger partial charge in [-0.15, -0.1) is 0 Å². The van der Waals surface area contributed by atoms with Gasteiger partial charge in [0.2, 0.25) is 12.7 Å². The summed E-state index contributed by atoms with van der Waals surface area (Å²) < 4.78 is 24.1. The number of urea groups is 1. The fourth-order valence-electron chi connectivity index (χ4n) is 4.51. The summed E-state index contributed by atoms with van der Waals surface area (Å²) in [5.74, 6) is 0.241. The van der Waals surface area contributed by atoms with Crippen molar-refractivity contribution < 1.29 is 28.2 Å². The number of imide groups is 1. The molecule has 2 aromatic carbocycles. The van der Waals surface area contributed by atoms with Gasteiger partial charge in [-0.25, -0.2) is 9.18 Å². The maximum absolute atomic E-state index is 13.3. The molecule has 10 heteroatoms. The van der Waals surface area contributed by atoms with Crippen molar-refractivity contribution in [1.82, 2.24) is 20.0 Å². The highest BCUT2D eigenvalue weighted by molar-refractivity contribution is 6.09. The Labute approximate surface area is 196 Å². The number of carbonyl (C=O) groups is 3. The van der Waals surface area contributed by atoms with Crippen molar-refractivity contribution in [2.75, 3.05) is 39.5 Å². The van der Waals surface area contributed by atoms with E-state index < -0.39 is 23.3 Å². The quantitative estimate of drug-likeness (QED) is 0.672. The molecule has 2 saturated heterocycles. The van der Waals surface area contributed by atoms with Gasteiger partial charge in [0.05, 0.1) is 0 Å². The predicted molar refractivity (Wildman–Crippen MR) is 118 cm³/mol.